The molecule has 0 aromatic carbocycles. The second kappa shape index (κ2) is 9.25. The standard InChI is InChI=1S/C24H27F2N3O2/c1-15(11-17(3)23(5,25)26)22(30)29-24(9-10-24)19-7-8-21(28-14-19)20(16(2)13-27)12-18(4)31-6/h7-8,11-12,14H,3,9-10H2,1-2,4-6H3,(H,29,30)/b15-11+,18-12+,20-16-. The maximum absolute atomic E-state index is 13.3. The highest BCUT2D eigenvalue weighted by Gasteiger charge is 2.46. The van der Waals surface area contributed by atoms with E-state index in [-0.39, 0.29) is 5.57 Å². The molecule has 164 valence electrons. The molecule has 1 aromatic rings. The van der Waals surface area contributed by atoms with Crippen LogP contribution >= 0.6 is 0 Å². The number of carbonyl (C=O) groups is 1. The van der Waals surface area contributed by atoms with Gasteiger partial charge in [-0.2, -0.15) is 5.26 Å². The van der Waals surface area contributed by atoms with E-state index in [4.69, 9.17) is 4.74 Å². The van der Waals surface area contributed by atoms with Crippen molar-refractivity contribution in [2.24, 2.45) is 0 Å². The predicted molar refractivity (Wildman–Crippen MR) is 116 cm³/mol. The molecular formula is C24H27F2N3O2. The number of allylic oxidation sites excluding steroid dienone is 6. The average Bonchev–Trinajstić information content (AvgIpc) is 3.51. The van der Waals surface area contributed by atoms with Gasteiger partial charge in [0.15, 0.2) is 0 Å². The normalized spacial score (nSPS) is 16.7. The summed E-state index contributed by atoms with van der Waals surface area (Å²) in [5, 5.41) is 12.2. The Labute approximate surface area is 181 Å². The van der Waals surface area contributed by atoms with E-state index in [9.17, 15) is 18.8 Å². The van der Waals surface area contributed by atoms with Crippen molar-refractivity contribution in [3.63, 3.8) is 0 Å². The van der Waals surface area contributed by atoms with Crippen LogP contribution in [0.1, 0.15) is 51.8 Å². The molecule has 1 aliphatic carbocycles. The molecule has 1 heterocycles. The fourth-order valence-electron chi connectivity index (χ4n) is 2.91. The van der Waals surface area contributed by atoms with Gasteiger partial charge < -0.3 is 10.1 Å². The number of methoxy groups -OCH3 is 1. The van der Waals surface area contributed by atoms with Gasteiger partial charge in [-0.3, -0.25) is 9.78 Å². The zero-order valence-electron chi connectivity index (χ0n) is 18.5. The first-order valence-corrected chi connectivity index (χ1v) is 9.81. The molecule has 1 aliphatic rings. The second-order valence-electron chi connectivity index (χ2n) is 7.82. The number of nitrogens with one attached hydrogen (secondary N) is 1. The topological polar surface area (TPSA) is 75.0 Å². The lowest BCUT2D eigenvalue weighted by Crippen LogP contribution is -2.35. The number of pyridine rings is 1. The second-order valence-corrected chi connectivity index (χ2v) is 7.82. The highest BCUT2D eigenvalue weighted by atomic mass is 19.3. The van der Waals surface area contributed by atoms with Crippen LogP contribution in [0.25, 0.3) is 5.57 Å². The summed E-state index contributed by atoms with van der Waals surface area (Å²) >= 11 is 0. The van der Waals surface area contributed by atoms with Gasteiger partial charge in [-0.05, 0) is 57.4 Å². The highest BCUT2D eigenvalue weighted by molar-refractivity contribution is 5.94. The van der Waals surface area contributed by atoms with Crippen LogP contribution in [-0.2, 0) is 15.1 Å². The number of nitriles is 1. The number of hydrogen-bond acceptors (Lipinski definition) is 4. The number of amides is 1. The van der Waals surface area contributed by atoms with Gasteiger partial charge in [0, 0.05) is 35.4 Å². The molecule has 0 spiro atoms. The van der Waals surface area contributed by atoms with E-state index in [2.05, 4.69) is 22.9 Å². The van der Waals surface area contributed by atoms with Gasteiger partial charge in [-0.1, -0.05) is 12.6 Å². The maximum Gasteiger partial charge on any atom is 0.269 e. The smallest absolute Gasteiger partial charge is 0.269 e. The molecule has 1 saturated carbocycles. The molecular weight excluding hydrogens is 400 g/mol. The lowest BCUT2D eigenvalue weighted by molar-refractivity contribution is -0.118. The summed E-state index contributed by atoms with van der Waals surface area (Å²) in [6, 6.07) is 5.78. The number of halogens is 2. The van der Waals surface area contributed by atoms with Crippen LogP contribution < -0.4 is 5.32 Å². The van der Waals surface area contributed by atoms with E-state index in [1.54, 1.807) is 39.3 Å². The van der Waals surface area contributed by atoms with E-state index in [1.807, 2.05) is 6.07 Å². The number of hydrogen-bond donors (Lipinski definition) is 1. The van der Waals surface area contributed by atoms with Crippen LogP contribution in [0.3, 0.4) is 0 Å². The van der Waals surface area contributed by atoms with Crippen molar-refractivity contribution in [3.8, 4) is 6.07 Å². The molecule has 1 fully saturated rings. The Bertz CT molecular complexity index is 1000. The van der Waals surface area contributed by atoms with Crippen molar-refractivity contribution in [1.82, 2.24) is 10.3 Å². The fraction of sp³-hybridized carbons (Fsp3) is 0.375. The number of rotatable bonds is 8. The van der Waals surface area contributed by atoms with E-state index in [1.165, 1.54) is 6.92 Å². The van der Waals surface area contributed by atoms with Crippen LogP contribution in [0.4, 0.5) is 8.78 Å². The molecule has 7 heteroatoms. The predicted octanol–water partition coefficient (Wildman–Crippen LogP) is 5.19. The summed E-state index contributed by atoms with van der Waals surface area (Å²) in [6.45, 7) is 9.05. The summed E-state index contributed by atoms with van der Waals surface area (Å²) in [7, 11) is 1.55. The molecule has 5 nitrogen and oxygen atoms in total. The van der Waals surface area contributed by atoms with Gasteiger partial charge in [0.2, 0.25) is 5.91 Å². The van der Waals surface area contributed by atoms with Gasteiger partial charge in [-0.15, -0.1) is 0 Å². The summed E-state index contributed by atoms with van der Waals surface area (Å²) in [5.74, 6) is -2.87. The molecule has 0 radical (unpaired) electrons. The Balaban J connectivity index is 2.25. The molecule has 1 N–H and O–H groups in total. The third-order valence-corrected chi connectivity index (χ3v) is 5.25. The minimum absolute atomic E-state index is 0.164. The monoisotopic (exact) mass is 427 g/mol. The zero-order valence-corrected chi connectivity index (χ0v) is 18.5. The Morgan fingerprint density at radius 1 is 1.32 bits per heavy atom. The Morgan fingerprint density at radius 3 is 2.42 bits per heavy atom. The molecule has 2 rings (SSSR count). The number of nitrogens with zero attached hydrogens (tertiary/aromatic N) is 2. The Morgan fingerprint density at radius 2 is 1.97 bits per heavy atom. The lowest BCUT2D eigenvalue weighted by atomic mass is 10.0. The number of carbonyl (C=O) groups excluding carboxylic acids is 1. The maximum atomic E-state index is 13.3. The van der Waals surface area contributed by atoms with Crippen molar-refractivity contribution in [3.05, 3.63) is 70.8 Å². The summed E-state index contributed by atoms with van der Waals surface area (Å²) in [6.07, 6.45) is 5.97. The summed E-state index contributed by atoms with van der Waals surface area (Å²) < 4.78 is 31.8. The van der Waals surface area contributed by atoms with Crippen LogP contribution in [0, 0.1) is 11.3 Å². The molecule has 1 aromatic heterocycles. The van der Waals surface area contributed by atoms with Crippen molar-refractivity contribution in [2.45, 2.75) is 52.0 Å². The minimum Gasteiger partial charge on any atom is -0.501 e. The van der Waals surface area contributed by atoms with E-state index >= 15 is 0 Å². The van der Waals surface area contributed by atoms with E-state index in [0.29, 0.717) is 22.6 Å². The summed E-state index contributed by atoms with van der Waals surface area (Å²) in [5.41, 5.74) is 1.76. The van der Waals surface area contributed by atoms with E-state index < -0.39 is 22.9 Å². The van der Waals surface area contributed by atoms with Gasteiger partial charge >= 0.3 is 0 Å². The third kappa shape index (κ3) is 5.88. The van der Waals surface area contributed by atoms with Crippen LogP contribution in [-0.4, -0.2) is 23.9 Å². The molecule has 0 atom stereocenters. The molecule has 0 aliphatic heterocycles. The largest absolute Gasteiger partial charge is 0.501 e. The highest BCUT2D eigenvalue weighted by Crippen LogP contribution is 2.45. The van der Waals surface area contributed by atoms with Gasteiger partial charge in [0.25, 0.3) is 5.92 Å². The molecule has 1 amide bonds. The molecule has 0 unspecified atom stereocenters. The van der Waals surface area contributed by atoms with Gasteiger partial charge in [0.1, 0.15) is 0 Å². The average molecular weight is 427 g/mol. The molecule has 0 saturated heterocycles. The third-order valence-electron chi connectivity index (χ3n) is 5.25. The van der Waals surface area contributed by atoms with E-state index in [0.717, 1.165) is 31.4 Å². The first kappa shape index (κ1) is 24.0. The van der Waals surface area contributed by atoms with Crippen molar-refractivity contribution >= 4 is 11.5 Å². The van der Waals surface area contributed by atoms with Crippen LogP contribution in [0.5, 0.6) is 0 Å². The number of alkyl halides is 2. The Kier molecular flexibility index (Phi) is 7.17. The number of ether oxygens (including phenoxy) is 1. The zero-order chi connectivity index (χ0) is 23.4. The minimum atomic E-state index is -3.08. The van der Waals surface area contributed by atoms with Crippen LogP contribution in [0.15, 0.2) is 59.5 Å². The van der Waals surface area contributed by atoms with Gasteiger partial charge in [-0.25, -0.2) is 8.78 Å². The number of aromatic nitrogens is 1. The molecule has 31 heavy (non-hydrogen) atoms. The van der Waals surface area contributed by atoms with Crippen molar-refractivity contribution in [1.29, 1.82) is 5.26 Å². The fourth-order valence-corrected chi connectivity index (χ4v) is 2.91. The van der Waals surface area contributed by atoms with Gasteiger partial charge in [0.05, 0.1) is 30.2 Å². The van der Waals surface area contributed by atoms with Crippen molar-refractivity contribution < 1.29 is 18.3 Å². The SMILES string of the molecule is C=C(/C=C(\C)C(=O)NC1(c2ccc(C(/C=C(\C)OC)=C(/C)C#N)nc2)CC1)C(C)(F)F. The quantitative estimate of drug-likeness (QED) is 0.268. The Hall–Kier alpha value is -3.27. The molecule has 0 bridgehead atoms. The van der Waals surface area contributed by atoms with Crippen molar-refractivity contribution in [2.75, 3.05) is 7.11 Å². The summed E-state index contributed by atoms with van der Waals surface area (Å²) in [4.78, 5) is 17.0. The lowest BCUT2D eigenvalue weighted by Gasteiger charge is -2.19. The first-order chi connectivity index (χ1) is 14.4. The first-order valence-electron chi connectivity index (χ1n) is 9.81. The van der Waals surface area contributed by atoms with Crippen LogP contribution in [0.2, 0.25) is 0 Å².